The van der Waals surface area contributed by atoms with Crippen LogP contribution < -0.4 is 4.72 Å². The highest BCUT2D eigenvalue weighted by Crippen LogP contribution is 2.36. The molecule has 0 saturated heterocycles. The summed E-state index contributed by atoms with van der Waals surface area (Å²) in [6.45, 7) is 1.85. The van der Waals surface area contributed by atoms with Crippen LogP contribution in [0.15, 0.2) is 34.7 Å². The number of hydrogen-bond acceptors (Lipinski definition) is 5. The van der Waals surface area contributed by atoms with E-state index in [2.05, 4.69) is 4.72 Å². The van der Waals surface area contributed by atoms with E-state index < -0.39 is 10.1 Å². The van der Waals surface area contributed by atoms with Crippen molar-refractivity contribution in [2.24, 2.45) is 0 Å². The minimum atomic E-state index is -4.15. The zero-order valence-electron chi connectivity index (χ0n) is 7.26. The molecule has 0 unspecified atom stereocenters. The maximum atomic E-state index is 11.0. The van der Waals surface area contributed by atoms with Crippen molar-refractivity contribution in [3.05, 3.63) is 34.7 Å². The van der Waals surface area contributed by atoms with Crippen molar-refractivity contribution in [1.82, 2.24) is 9.03 Å². The zero-order valence-corrected chi connectivity index (χ0v) is 8.89. The first-order valence-electron chi connectivity index (χ1n) is 3.79. The largest absolute Gasteiger partial charge is 0.316 e. The smallest absolute Gasteiger partial charge is 0.296 e. The molecular formula is C7H8N2O3S2. The lowest BCUT2D eigenvalue weighted by molar-refractivity contribution is 0.489. The summed E-state index contributed by atoms with van der Waals surface area (Å²) in [6, 6.07) is 0. The van der Waals surface area contributed by atoms with Gasteiger partial charge in [-0.2, -0.15) is 8.42 Å². The molecule has 7 heteroatoms. The summed E-state index contributed by atoms with van der Waals surface area (Å²) < 4.78 is 35.4. The van der Waals surface area contributed by atoms with Crippen LogP contribution in [0.4, 0.5) is 0 Å². The van der Waals surface area contributed by atoms with Crippen molar-refractivity contribution in [3.63, 3.8) is 0 Å². The lowest BCUT2D eigenvalue weighted by Gasteiger charge is -2.23. The van der Waals surface area contributed by atoms with E-state index >= 15 is 0 Å². The van der Waals surface area contributed by atoms with Gasteiger partial charge in [0.2, 0.25) is 0 Å². The molecule has 0 aromatic rings. The molecule has 0 amide bonds. The summed E-state index contributed by atoms with van der Waals surface area (Å²) >= 11 is 1.26. The molecule has 0 spiro atoms. The van der Waals surface area contributed by atoms with Gasteiger partial charge in [0.05, 0.1) is 17.8 Å². The normalized spacial score (nSPS) is 20.7. The third-order valence-electron chi connectivity index (χ3n) is 1.89. The van der Waals surface area contributed by atoms with Gasteiger partial charge >= 0.3 is 0 Å². The Bertz CT molecular complexity index is 461. The Morgan fingerprint density at radius 1 is 1.50 bits per heavy atom. The Balaban J connectivity index is 2.54. The Kier molecular flexibility index (Phi) is 2.09. The average Bonchev–Trinajstić information content (AvgIpc) is 2.50. The van der Waals surface area contributed by atoms with E-state index in [1.807, 2.05) is 6.92 Å². The van der Waals surface area contributed by atoms with E-state index in [0.29, 0.717) is 5.70 Å². The molecule has 2 rings (SSSR count). The molecule has 2 N–H and O–H groups in total. The summed E-state index contributed by atoms with van der Waals surface area (Å²) in [4.78, 5) is -0.0828. The molecule has 0 aliphatic carbocycles. The SMILES string of the molecule is CC1=CC=C(S(=O)(=O)O)C2=CNSN12. The number of rotatable bonds is 1. The predicted octanol–water partition coefficient (Wildman–Crippen LogP) is 0.985. The maximum Gasteiger partial charge on any atom is 0.296 e. The lowest BCUT2D eigenvalue weighted by Crippen LogP contribution is -2.18. The highest BCUT2D eigenvalue weighted by molar-refractivity contribution is 7.96. The van der Waals surface area contributed by atoms with Crippen LogP contribution in [0.2, 0.25) is 0 Å². The Morgan fingerprint density at radius 2 is 2.21 bits per heavy atom. The molecule has 2 aliphatic rings. The van der Waals surface area contributed by atoms with Crippen molar-refractivity contribution < 1.29 is 13.0 Å². The fourth-order valence-electron chi connectivity index (χ4n) is 1.24. The van der Waals surface area contributed by atoms with Gasteiger partial charge in [0.25, 0.3) is 10.1 Å². The maximum absolute atomic E-state index is 11.0. The quantitative estimate of drug-likeness (QED) is 0.519. The second-order valence-corrected chi connectivity index (χ2v) is 5.02. The van der Waals surface area contributed by atoms with E-state index in [4.69, 9.17) is 4.55 Å². The fraction of sp³-hybridized carbons (Fsp3) is 0.143. The topological polar surface area (TPSA) is 69.6 Å². The van der Waals surface area contributed by atoms with Crippen molar-refractivity contribution in [1.29, 1.82) is 0 Å². The second-order valence-electron chi connectivity index (χ2n) is 2.85. The van der Waals surface area contributed by atoms with Gasteiger partial charge in [0.1, 0.15) is 4.91 Å². The number of allylic oxidation sites excluding steroid dienone is 3. The van der Waals surface area contributed by atoms with Crippen molar-refractivity contribution in [3.8, 4) is 0 Å². The summed E-state index contributed by atoms with van der Waals surface area (Å²) in [5.41, 5.74) is 1.36. The number of nitrogens with one attached hydrogen (secondary N) is 1. The summed E-state index contributed by atoms with van der Waals surface area (Å²) in [5, 5.41) is 0. The van der Waals surface area contributed by atoms with Gasteiger partial charge in [-0.05, 0) is 19.1 Å². The molecule has 5 nitrogen and oxygen atoms in total. The van der Waals surface area contributed by atoms with E-state index in [0.717, 1.165) is 5.70 Å². The van der Waals surface area contributed by atoms with E-state index in [1.165, 1.54) is 18.2 Å². The Hall–Kier alpha value is -0.920. The number of nitrogens with zero attached hydrogens (tertiary/aromatic N) is 1. The highest BCUT2D eigenvalue weighted by Gasteiger charge is 2.30. The van der Waals surface area contributed by atoms with Crippen molar-refractivity contribution >= 4 is 22.3 Å². The molecule has 0 aromatic heterocycles. The van der Waals surface area contributed by atoms with Gasteiger partial charge in [-0.1, -0.05) is 0 Å². The summed E-state index contributed by atoms with van der Waals surface area (Å²) in [7, 11) is -4.15. The summed E-state index contributed by atoms with van der Waals surface area (Å²) in [6.07, 6.45) is 4.57. The van der Waals surface area contributed by atoms with E-state index in [-0.39, 0.29) is 4.91 Å². The van der Waals surface area contributed by atoms with E-state index in [9.17, 15) is 8.42 Å². The van der Waals surface area contributed by atoms with E-state index in [1.54, 1.807) is 16.6 Å². The Labute approximate surface area is 86.2 Å². The van der Waals surface area contributed by atoms with Gasteiger partial charge in [0, 0.05) is 11.9 Å². The standard InChI is InChI=1S/C7H8N2O3S2/c1-5-2-3-7(14(10,11)12)6-4-8-13-9(5)6/h2-4,8H,1H3,(H,10,11,12). The first-order chi connectivity index (χ1) is 6.50. The van der Waals surface area contributed by atoms with Crippen LogP contribution in [0, 0.1) is 0 Å². The monoisotopic (exact) mass is 232 g/mol. The summed E-state index contributed by atoms with van der Waals surface area (Å²) in [5.74, 6) is 0. The minimum Gasteiger partial charge on any atom is -0.316 e. The van der Waals surface area contributed by atoms with Crippen LogP contribution >= 0.6 is 12.1 Å². The van der Waals surface area contributed by atoms with Gasteiger partial charge < -0.3 is 4.72 Å². The molecule has 2 aliphatic heterocycles. The van der Waals surface area contributed by atoms with Crippen LogP contribution in [-0.4, -0.2) is 17.3 Å². The van der Waals surface area contributed by atoms with Gasteiger partial charge in [-0.15, -0.1) is 0 Å². The highest BCUT2D eigenvalue weighted by atomic mass is 32.2. The third kappa shape index (κ3) is 1.43. The average molecular weight is 232 g/mol. The number of hydrogen-bond donors (Lipinski definition) is 2. The molecule has 0 fully saturated rings. The molecule has 14 heavy (non-hydrogen) atoms. The molecule has 0 atom stereocenters. The first kappa shape index (κ1) is 9.63. The van der Waals surface area contributed by atoms with Crippen LogP contribution in [0.25, 0.3) is 0 Å². The molecular weight excluding hydrogens is 224 g/mol. The second kappa shape index (κ2) is 3.04. The van der Waals surface area contributed by atoms with Crippen molar-refractivity contribution in [2.45, 2.75) is 6.92 Å². The van der Waals surface area contributed by atoms with Crippen LogP contribution in [0.5, 0.6) is 0 Å². The van der Waals surface area contributed by atoms with Gasteiger partial charge in [-0.3, -0.25) is 8.86 Å². The predicted molar refractivity (Wildman–Crippen MR) is 54.0 cm³/mol. The molecule has 0 bridgehead atoms. The molecule has 0 aromatic carbocycles. The minimum absolute atomic E-state index is 0.0828. The Morgan fingerprint density at radius 3 is 2.86 bits per heavy atom. The number of fused-ring (bicyclic) bond motifs is 1. The molecule has 76 valence electrons. The van der Waals surface area contributed by atoms with Crippen LogP contribution in [0.1, 0.15) is 6.92 Å². The third-order valence-corrected chi connectivity index (χ3v) is 3.68. The molecule has 2 heterocycles. The first-order valence-corrected chi connectivity index (χ1v) is 6.01. The molecule has 0 radical (unpaired) electrons. The van der Waals surface area contributed by atoms with Crippen LogP contribution in [-0.2, 0) is 10.1 Å². The van der Waals surface area contributed by atoms with Gasteiger partial charge in [-0.25, -0.2) is 0 Å². The zero-order chi connectivity index (χ0) is 10.3. The van der Waals surface area contributed by atoms with Crippen molar-refractivity contribution in [2.75, 3.05) is 0 Å². The molecule has 0 saturated carbocycles. The van der Waals surface area contributed by atoms with Crippen LogP contribution in [0.3, 0.4) is 0 Å². The van der Waals surface area contributed by atoms with Gasteiger partial charge in [0.15, 0.2) is 0 Å². The fourth-order valence-corrected chi connectivity index (χ4v) is 2.68. The lowest BCUT2D eigenvalue weighted by atomic mass is 10.2.